The standard InChI is InChI=1S/C36H40N2O3/c1-35(2,21-22-36(34(37)40,30-11-5-3-6-12-30)31-13-7-4-8-14-31)38-23-20-33(25-38)41-26-27-16-18-28(19-17-27)29-10-9-15-32(39)24-29/h3-19,24,33,39H,20-23,25-26H2,1-2H3,(H2,37,40). The second-order valence-corrected chi connectivity index (χ2v) is 11.7. The smallest absolute Gasteiger partial charge is 0.232 e. The van der Waals surface area contributed by atoms with Crippen LogP contribution in [0.4, 0.5) is 0 Å². The van der Waals surface area contributed by atoms with E-state index in [-0.39, 0.29) is 23.3 Å². The summed E-state index contributed by atoms with van der Waals surface area (Å²) in [6.07, 6.45) is 2.56. The number of aromatic hydroxyl groups is 1. The van der Waals surface area contributed by atoms with Crippen LogP contribution >= 0.6 is 0 Å². The van der Waals surface area contributed by atoms with Gasteiger partial charge in [0.2, 0.25) is 5.91 Å². The van der Waals surface area contributed by atoms with Gasteiger partial charge in [-0.15, -0.1) is 0 Å². The van der Waals surface area contributed by atoms with Crippen LogP contribution in [0.1, 0.15) is 49.8 Å². The number of likely N-dealkylation sites (tertiary alicyclic amines) is 1. The number of ether oxygens (including phenoxy) is 1. The molecule has 5 nitrogen and oxygen atoms in total. The molecule has 0 radical (unpaired) electrons. The third-order valence-corrected chi connectivity index (χ3v) is 8.69. The van der Waals surface area contributed by atoms with Crippen LogP contribution in [0.25, 0.3) is 11.1 Å². The Morgan fingerprint density at radius 2 is 1.49 bits per heavy atom. The molecule has 1 heterocycles. The molecule has 3 N–H and O–H groups in total. The Balaban J connectivity index is 1.22. The first-order chi connectivity index (χ1) is 19.8. The summed E-state index contributed by atoms with van der Waals surface area (Å²) in [5.41, 5.74) is 10.2. The van der Waals surface area contributed by atoms with Crippen molar-refractivity contribution in [3.63, 3.8) is 0 Å². The number of primary amides is 1. The van der Waals surface area contributed by atoms with E-state index in [1.165, 1.54) is 0 Å². The van der Waals surface area contributed by atoms with Crippen LogP contribution in [-0.2, 0) is 21.6 Å². The lowest BCUT2D eigenvalue weighted by Crippen LogP contribution is -2.47. The minimum absolute atomic E-state index is 0.134. The molecule has 0 aliphatic carbocycles. The van der Waals surface area contributed by atoms with Gasteiger partial charge in [-0.2, -0.15) is 0 Å². The van der Waals surface area contributed by atoms with E-state index in [1.807, 2.05) is 72.8 Å². The molecule has 212 valence electrons. The monoisotopic (exact) mass is 548 g/mol. The maximum absolute atomic E-state index is 13.2. The van der Waals surface area contributed by atoms with Gasteiger partial charge in [0.15, 0.2) is 0 Å². The number of amides is 1. The fraction of sp³-hybridized carbons (Fsp3) is 0.306. The summed E-state index contributed by atoms with van der Waals surface area (Å²) in [5, 5.41) is 9.77. The number of hydrogen-bond acceptors (Lipinski definition) is 4. The zero-order chi connectivity index (χ0) is 28.9. The fourth-order valence-corrected chi connectivity index (χ4v) is 6.07. The van der Waals surface area contributed by atoms with Crippen LogP contribution < -0.4 is 5.73 Å². The van der Waals surface area contributed by atoms with Crippen molar-refractivity contribution in [2.75, 3.05) is 13.1 Å². The molecule has 41 heavy (non-hydrogen) atoms. The Morgan fingerprint density at radius 1 is 0.854 bits per heavy atom. The number of carbonyl (C=O) groups excluding carboxylic acids is 1. The maximum Gasteiger partial charge on any atom is 0.232 e. The van der Waals surface area contributed by atoms with Gasteiger partial charge in [-0.05, 0) is 73.1 Å². The average Bonchev–Trinajstić information content (AvgIpc) is 3.48. The van der Waals surface area contributed by atoms with Gasteiger partial charge in [0.05, 0.1) is 18.1 Å². The van der Waals surface area contributed by atoms with Crippen LogP contribution in [0, 0.1) is 0 Å². The topological polar surface area (TPSA) is 75.8 Å². The predicted molar refractivity (Wildman–Crippen MR) is 164 cm³/mol. The van der Waals surface area contributed by atoms with Gasteiger partial charge in [0, 0.05) is 18.6 Å². The summed E-state index contributed by atoms with van der Waals surface area (Å²) in [7, 11) is 0. The zero-order valence-electron chi connectivity index (χ0n) is 24.0. The molecule has 0 saturated carbocycles. The highest BCUT2D eigenvalue weighted by Crippen LogP contribution is 2.40. The molecule has 1 aliphatic rings. The molecule has 0 aromatic heterocycles. The lowest BCUT2D eigenvalue weighted by Gasteiger charge is -2.40. The van der Waals surface area contributed by atoms with E-state index in [0.717, 1.165) is 53.7 Å². The number of phenols is 1. The van der Waals surface area contributed by atoms with Gasteiger partial charge in [-0.3, -0.25) is 9.69 Å². The molecule has 5 rings (SSSR count). The van der Waals surface area contributed by atoms with E-state index in [0.29, 0.717) is 13.0 Å². The number of benzene rings is 4. The summed E-state index contributed by atoms with van der Waals surface area (Å²) in [6, 6.07) is 35.5. The quantitative estimate of drug-likeness (QED) is 0.219. The summed E-state index contributed by atoms with van der Waals surface area (Å²) in [4.78, 5) is 15.7. The van der Waals surface area contributed by atoms with Crippen molar-refractivity contribution in [3.8, 4) is 16.9 Å². The van der Waals surface area contributed by atoms with Gasteiger partial charge in [0.25, 0.3) is 0 Å². The number of nitrogens with two attached hydrogens (primary N) is 1. The third-order valence-electron chi connectivity index (χ3n) is 8.69. The first kappa shape index (κ1) is 28.6. The molecule has 1 unspecified atom stereocenters. The van der Waals surface area contributed by atoms with Crippen molar-refractivity contribution in [1.82, 2.24) is 4.90 Å². The summed E-state index contributed by atoms with van der Waals surface area (Å²) in [5.74, 6) is -0.0486. The van der Waals surface area contributed by atoms with E-state index in [2.05, 4.69) is 43.0 Å². The lowest BCUT2D eigenvalue weighted by atomic mass is 9.69. The van der Waals surface area contributed by atoms with E-state index >= 15 is 0 Å². The minimum Gasteiger partial charge on any atom is -0.508 e. The third kappa shape index (κ3) is 6.37. The molecule has 5 heteroatoms. The Morgan fingerprint density at radius 3 is 2.07 bits per heavy atom. The Kier molecular flexibility index (Phi) is 8.57. The highest BCUT2D eigenvalue weighted by atomic mass is 16.5. The first-order valence-electron chi connectivity index (χ1n) is 14.4. The van der Waals surface area contributed by atoms with E-state index in [1.54, 1.807) is 12.1 Å². The zero-order valence-corrected chi connectivity index (χ0v) is 24.0. The largest absolute Gasteiger partial charge is 0.508 e. The molecule has 1 saturated heterocycles. The molecule has 0 bridgehead atoms. The highest BCUT2D eigenvalue weighted by Gasteiger charge is 2.43. The van der Waals surface area contributed by atoms with Crippen molar-refractivity contribution < 1.29 is 14.6 Å². The molecule has 4 aromatic carbocycles. The molecule has 1 atom stereocenters. The summed E-state index contributed by atoms with van der Waals surface area (Å²) in [6.45, 7) is 6.89. The number of hydrogen-bond donors (Lipinski definition) is 2. The van der Waals surface area contributed by atoms with Crippen molar-refractivity contribution in [2.45, 2.75) is 56.8 Å². The van der Waals surface area contributed by atoms with E-state index in [4.69, 9.17) is 10.5 Å². The van der Waals surface area contributed by atoms with Gasteiger partial charge in [0.1, 0.15) is 5.75 Å². The van der Waals surface area contributed by atoms with Gasteiger partial charge in [-0.1, -0.05) is 97.1 Å². The molecular weight excluding hydrogens is 508 g/mol. The van der Waals surface area contributed by atoms with Crippen molar-refractivity contribution in [3.05, 3.63) is 126 Å². The molecule has 1 amide bonds. The number of carbonyl (C=O) groups is 1. The lowest BCUT2D eigenvalue weighted by molar-refractivity contribution is -0.122. The van der Waals surface area contributed by atoms with Gasteiger partial charge < -0.3 is 15.6 Å². The van der Waals surface area contributed by atoms with E-state index < -0.39 is 5.41 Å². The van der Waals surface area contributed by atoms with E-state index in [9.17, 15) is 9.90 Å². The highest BCUT2D eigenvalue weighted by molar-refractivity contribution is 5.90. The molecule has 0 spiro atoms. The van der Waals surface area contributed by atoms with Crippen LogP contribution in [0.5, 0.6) is 5.75 Å². The Hall–Kier alpha value is -3.93. The molecule has 1 aliphatic heterocycles. The SMILES string of the molecule is CC(C)(CCC(C(N)=O)(c1ccccc1)c1ccccc1)N1CCC(OCc2ccc(-c3cccc(O)c3)cc2)C1. The Labute approximate surface area is 243 Å². The number of phenolic OH excluding ortho intramolecular Hbond substituents is 1. The summed E-state index contributed by atoms with van der Waals surface area (Å²) < 4.78 is 6.35. The first-order valence-corrected chi connectivity index (χ1v) is 14.4. The Bertz CT molecular complexity index is 1400. The second-order valence-electron chi connectivity index (χ2n) is 11.7. The van der Waals surface area contributed by atoms with Crippen molar-refractivity contribution >= 4 is 5.91 Å². The second kappa shape index (κ2) is 12.3. The van der Waals surface area contributed by atoms with Crippen LogP contribution in [0.2, 0.25) is 0 Å². The summed E-state index contributed by atoms with van der Waals surface area (Å²) >= 11 is 0. The average molecular weight is 549 g/mol. The fourth-order valence-electron chi connectivity index (χ4n) is 6.07. The normalized spacial score (nSPS) is 16.1. The molecular formula is C36H40N2O3. The molecule has 1 fully saturated rings. The minimum atomic E-state index is -0.889. The van der Waals surface area contributed by atoms with Crippen molar-refractivity contribution in [2.24, 2.45) is 5.73 Å². The van der Waals surface area contributed by atoms with Crippen LogP contribution in [0.15, 0.2) is 109 Å². The number of nitrogens with zero attached hydrogens (tertiary/aromatic N) is 1. The maximum atomic E-state index is 13.2. The van der Waals surface area contributed by atoms with Crippen LogP contribution in [-0.4, -0.2) is 40.6 Å². The number of rotatable bonds is 11. The predicted octanol–water partition coefficient (Wildman–Crippen LogP) is 6.68. The molecule has 4 aromatic rings. The van der Waals surface area contributed by atoms with Crippen LogP contribution in [0.3, 0.4) is 0 Å². The van der Waals surface area contributed by atoms with Crippen molar-refractivity contribution in [1.29, 1.82) is 0 Å². The van der Waals surface area contributed by atoms with Gasteiger partial charge >= 0.3 is 0 Å². The van der Waals surface area contributed by atoms with Gasteiger partial charge in [-0.25, -0.2) is 0 Å².